The predicted octanol–water partition coefficient (Wildman–Crippen LogP) is 1.43. The number of ether oxygens (including phenoxy) is 3. The third-order valence-electron chi connectivity index (χ3n) is 5.82. The monoisotopic (exact) mass is 491 g/mol. The SMILES string of the molecule is CN(C(=O)COc1ccc2c(c1)OCO2)[C@H](CN1CC[C@H](O)C1)c1cccc(NS(C)(=O)=O)c1. The first-order valence-electron chi connectivity index (χ1n) is 10.9. The summed E-state index contributed by atoms with van der Waals surface area (Å²) in [4.78, 5) is 16.8. The lowest BCUT2D eigenvalue weighted by molar-refractivity contribution is -0.134. The quantitative estimate of drug-likeness (QED) is 0.541. The van der Waals surface area contributed by atoms with Gasteiger partial charge in [0.25, 0.3) is 5.91 Å². The van der Waals surface area contributed by atoms with E-state index < -0.39 is 16.1 Å². The molecule has 10 nitrogen and oxygen atoms in total. The van der Waals surface area contributed by atoms with Crippen molar-refractivity contribution in [1.29, 1.82) is 0 Å². The van der Waals surface area contributed by atoms with Crippen molar-refractivity contribution in [3.8, 4) is 17.2 Å². The lowest BCUT2D eigenvalue weighted by Crippen LogP contribution is -2.41. The Hall–Kier alpha value is -3.02. The lowest BCUT2D eigenvalue weighted by atomic mass is 10.0. The molecule has 0 saturated carbocycles. The Morgan fingerprint density at radius 1 is 1.26 bits per heavy atom. The van der Waals surface area contributed by atoms with Gasteiger partial charge in [-0.15, -0.1) is 0 Å². The molecule has 0 aliphatic carbocycles. The summed E-state index contributed by atoms with van der Waals surface area (Å²) in [6.45, 7) is 1.70. The molecule has 11 heteroatoms. The van der Waals surface area contributed by atoms with E-state index in [4.69, 9.17) is 14.2 Å². The summed E-state index contributed by atoms with van der Waals surface area (Å²) in [7, 11) is -1.75. The van der Waals surface area contributed by atoms with E-state index in [1.54, 1.807) is 48.3 Å². The average molecular weight is 492 g/mol. The molecule has 1 amide bonds. The van der Waals surface area contributed by atoms with Gasteiger partial charge in [-0.3, -0.25) is 14.4 Å². The molecule has 34 heavy (non-hydrogen) atoms. The van der Waals surface area contributed by atoms with Crippen molar-refractivity contribution < 1.29 is 32.5 Å². The van der Waals surface area contributed by atoms with Gasteiger partial charge in [0.05, 0.1) is 18.4 Å². The van der Waals surface area contributed by atoms with Gasteiger partial charge < -0.3 is 24.2 Å². The van der Waals surface area contributed by atoms with Gasteiger partial charge >= 0.3 is 0 Å². The van der Waals surface area contributed by atoms with Crippen LogP contribution in [0.25, 0.3) is 0 Å². The van der Waals surface area contributed by atoms with Gasteiger partial charge in [-0.25, -0.2) is 8.42 Å². The van der Waals surface area contributed by atoms with E-state index in [1.807, 2.05) is 6.07 Å². The second-order valence-electron chi connectivity index (χ2n) is 8.53. The van der Waals surface area contributed by atoms with Crippen molar-refractivity contribution in [2.75, 3.05) is 51.1 Å². The van der Waals surface area contributed by atoms with E-state index in [9.17, 15) is 18.3 Å². The molecule has 184 valence electrons. The molecule has 1 fully saturated rings. The number of aliphatic hydroxyl groups is 1. The molecule has 2 N–H and O–H groups in total. The molecule has 2 atom stereocenters. The summed E-state index contributed by atoms with van der Waals surface area (Å²) in [5.41, 5.74) is 1.19. The molecule has 1 saturated heterocycles. The Labute approximate surface area is 199 Å². The van der Waals surface area contributed by atoms with Crippen LogP contribution in [0.4, 0.5) is 5.69 Å². The number of aliphatic hydroxyl groups excluding tert-OH is 1. The van der Waals surface area contributed by atoms with Crippen LogP contribution in [0, 0.1) is 0 Å². The second-order valence-corrected chi connectivity index (χ2v) is 10.3. The number of likely N-dealkylation sites (N-methyl/N-ethyl adjacent to an activating group) is 1. The number of hydrogen-bond acceptors (Lipinski definition) is 8. The number of rotatable bonds is 9. The van der Waals surface area contributed by atoms with Crippen molar-refractivity contribution in [2.24, 2.45) is 0 Å². The molecule has 2 heterocycles. The predicted molar refractivity (Wildman–Crippen MR) is 126 cm³/mol. The minimum Gasteiger partial charge on any atom is -0.484 e. The number of carbonyl (C=O) groups excluding carboxylic acids is 1. The topological polar surface area (TPSA) is 118 Å². The summed E-state index contributed by atoms with van der Waals surface area (Å²) in [6.07, 6.45) is 1.37. The summed E-state index contributed by atoms with van der Waals surface area (Å²) < 4.78 is 42.2. The Bertz CT molecular complexity index is 1140. The zero-order chi connectivity index (χ0) is 24.3. The van der Waals surface area contributed by atoms with Crippen LogP contribution in [0.3, 0.4) is 0 Å². The first kappa shape index (κ1) is 24.1. The number of carbonyl (C=O) groups is 1. The molecule has 2 aromatic rings. The maximum Gasteiger partial charge on any atom is 0.260 e. The fourth-order valence-electron chi connectivity index (χ4n) is 4.08. The van der Waals surface area contributed by atoms with Gasteiger partial charge in [-0.1, -0.05) is 12.1 Å². The number of fused-ring (bicyclic) bond motifs is 1. The highest BCUT2D eigenvalue weighted by atomic mass is 32.2. The van der Waals surface area contributed by atoms with E-state index in [1.165, 1.54) is 0 Å². The van der Waals surface area contributed by atoms with E-state index >= 15 is 0 Å². The first-order chi connectivity index (χ1) is 16.2. The van der Waals surface area contributed by atoms with Crippen molar-refractivity contribution in [3.63, 3.8) is 0 Å². The fourth-order valence-corrected chi connectivity index (χ4v) is 4.64. The molecule has 0 aromatic heterocycles. The number of likely N-dealkylation sites (tertiary alicyclic amines) is 1. The minimum absolute atomic E-state index is 0.153. The number of anilines is 1. The van der Waals surface area contributed by atoms with Gasteiger partial charge in [0.2, 0.25) is 16.8 Å². The summed E-state index contributed by atoms with van der Waals surface area (Å²) >= 11 is 0. The first-order valence-corrected chi connectivity index (χ1v) is 12.8. The number of amides is 1. The fraction of sp³-hybridized carbons (Fsp3) is 0.435. The van der Waals surface area contributed by atoms with Crippen LogP contribution < -0.4 is 18.9 Å². The lowest BCUT2D eigenvalue weighted by Gasteiger charge is -2.32. The largest absolute Gasteiger partial charge is 0.484 e. The summed E-state index contributed by atoms with van der Waals surface area (Å²) in [5.74, 6) is 1.44. The van der Waals surface area contributed by atoms with Crippen molar-refractivity contribution in [1.82, 2.24) is 9.80 Å². The number of hydrogen-bond donors (Lipinski definition) is 2. The number of nitrogens with one attached hydrogen (secondary N) is 1. The van der Waals surface area contributed by atoms with Crippen LogP contribution in [0.1, 0.15) is 18.0 Å². The van der Waals surface area contributed by atoms with Crippen LogP contribution in [-0.2, 0) is 14.8 Å². The summed E-state index contributed by atoms with van der Waals surface area (Å²) in [6, 6.07) is 11.7. The van der Waals surface area contributed by atoms with Crippen LogP contribution in [-0.4, -0.2) is 81.7 Å². The molecule has 0 spiro atoms. The normalized spacial score (nSPS) is 18.5. The number of nitrogens with zero attached hydrogens (tertiary/aromatic N) is 2. The van der Waals surface area contributed by atoms with Gasteiger partial charge in [-0.2, -0.15) is 0 Å². The highest BCUT2D eigenvalue weighted by molar-refractivity contribution is 7.92. The molecule has 2 aliphatic rings. The molecule has 2 aromatic carbocycles. The molecule has 4 rings (SSSR count). The Balaban J connectivity index is 1.49. The Kier molecular flexibility index (Phi) is 7.15. The zero-order valence-corrected chi connectivity index (χ0v) is 20.0. The van der Waals surface area contributed by atoms with Gasteiger partial charge in [0.15, 0.2) is 18.1 Å². The van der Waals surface area contributed by atoms with E-state index in [0.29, 0.717) is 49.0 Å². The molecular formula is C23H29N3O7S. The Morgan fingerprint density at radius 2 is 2.06 bits per heavy atom. The molecule has 0 radical (unpaired) electrons. The van der Waals surface area contributed by atoms with Gasteiger partial charge in [-0.05, 0) is 36.2 Å². The number of β-amino-alcohol motifs (C(OH)–C–C–N with tert-alkyl or cyclic N) is 1. The maximum absolute atomic E-state index is 13.1. The van der Waals surface area contributed by atoms with E-state index in [0.717, 1.165) is 11.8 Å². The van der Waals surface area contributed by atoms with Crippen LogP contribution in [0.5, 0.6) is 17.2 Å². The second kappa shape index (κ2) is 10.1. The highest BCUT2D eigenvalue weighted by Gasteiger charge is 2.28. The molecule has 0 bridgehead atoms. The van der Waals surface area contributed by atoms with Crippen molar-refractivity contribution in [3.05, 3.63) is 48.0 Å². The van der Waals surface area contributed by atoms with Gasteiger partial charge in [0, 0.05) is 38.4 Å². The third kappa shape index (κ3) is 6.10. The van der Waals surface area contributed by atoms with Crippen LogP contribution in [0.15, 0.2) is 42.5 Å². The smallest absolute Gasteiger partial charge is 0.260 e. The summed E-state index contributed by atoms with van der Waals surface area (Å²) in [5, 5.41) is 9.94. The van der Waals surface area contributed by atoms with E-state index in [2.05, 4.69) is 9.62 Å². The molecular weight excluding hydrogens is 462 g/mol. The van der Waals surface area contributed by atoms with Crippen LogP contribution >= 0.6 is 0 Å². The number of sulfonamides is 1. The maximum atomic E-state index is 13.1. The average Bonchev–Trinajstić information content (AvgIpc) is 3.42. The minimum atomic E-state index is -3.44. The molecule has 0 unspecified atom stereocenters. The third-order valence-corrected chi connectivity index (χ3v) is 6.43. The van der Waals surface area contributed by atoms with Crippen molar-refractivity contribution in [2.45, 2.75) is 18.6 Å². The van der Waals surface area contributed by atoms with Crippen LogP contribution in [0.2, 0.25) is 0 Å². The van der Waals surface area contributed by atoms with Gasteiger partial charge in [0.1, 0.15) is 5.75 Å². The number of benzene rings is 2. The molecule has 2 aliphatic heterocycles. The van der Waals surface area contributed by atoms with E-state index in [-0.39, 0.29) is 25.3 Å². The highest BCUT2D eigenvalue weighted by Crippen LogP contribution is 2.35. The standard InChI is InChI=1S/C23H29N3O7S/c1-25(23(28)14-31-19-6-7-21-22(11-19)33-15-32-21)20(13-26-9-8-18(27)12-26)16-4-3-5-17(10-16)24-34(2,29)30/h3-7,10-11,18,20,24,27H,8-9,12-15H2,1-2H3/t18-,20+/m0/s1. The Morgan fingerprint density at radius 3 is 2.79 bits per heavy atom. The van der Waals surface area contributed by atoms with Crippen molar-refractivity contribution >= 4 is 21.6 Å². The zero-order valence-electron chi connectivity index (χ0n) is 19.1.